The maximum absolute atomic E-state index is 4.09. The highest BCUT2D eigenvalue weighted by molar-refractivity contribution is 7.11. The summed E-state index contributed by atoms with van der Waals surface area (Å²) >= 11 is 1.68. The van der Waals surface area contributed by atoms with Crippen LogP contribution in [0.4, 0.5) is 0 Å². The molecule has 15 heavy (non-hydrogen) atoms. The van der Waals surface area contributed by atoms with Crippen molar-refractivity contribution in [2.45, 2.75) is 32.7 Å². The molecule has 0 bridgehead atoms. The molecule has 2 rings (SSSR count). The monoisotopic (exact) mass is 223 g/mol. The lowest BCUT2D eigenvalue weighted by Crippen LogP contribution is -2.23. The van der Waals surface area contributed by atoms with Crippen LogP contribution in [0.2, 0.25) is 0 Å². The molecule has 4 heteroatoms. The van der Waals surface area contributed by atoms with Crippen molar-refractivity contribution in [3.05, 3.63) is 22.2 Å². The number of hydrogen-bond acceptors (Lipinski definition) is 4. The lowest BCUT2D eigenvalue weighted by atomic mass is 9.94. The van der Waals surface area contributed by atoms with Gasteiger partial charge in [0.1, 0.15) is 10.0 Å². The lowest BCUT2D eigenvalue weighted by Gasteiger charge is -2.17. The minimum Gasteiger partial charge on any atom is -0.310 e. The molecule has 0 saturated carbocycles. The van der Waals surface area contributed by atoms with Crippen LogP contribution >= 0.6 is 11.3 Å². The van der Waals surface area contributed by atoms with Gasteiger partial charge in [-0.15, -0.1) is 21.5 Å². The molecule has 0 saturated heterocycles. The van der Waals surface area contributed by atoms with Gasteiger partial charge >= 0.3 is 0 Å². The number of aryl methyl sites for hydroxylation is 1. The van der Waals surface area contributed by atoms with E-state index < -0.39 is 0 Å². The zero-order valence-corrected chi connectivity index (χ0v) is 9.89. The number of nitrogens with one attached hydrogen (secondary N) is 1. The van der Waals surface area contributed by atoms with Crippen LogP contribution in [-0.4, -0.2) is 16.7 Å². The lowest BCUT2D eigenvalue weighted by molar-refractivity contribution is 0.440. The van der Waals surface area contributed by atoms with Crippen molar-refractivity contribution < 1.29 is 0 Å². The van der Waals surface area contributed by atoms with Gasteiger partial charge in [-0.05, 0) is 38.6 Å². The van der Waals surface area contributed by atoms with Crippen LogP contribution in [0, 0.1) is 12.8 Å². The molecular weight excluding hydrogens is 206 g/mol. The maximum Gasteiger partial charge on any atom is 0.131 e. The van der Waals surface area contributed by atoms with Crippen LogP contribution in [-0.2, 0) is 6.54 Å². The molecule has 1 aliphatic rings. The van der Waals surface area contributed by atoms with Gasteiger partial charge < -0.3 is 5.32 Å². The van der Waals surface area contributed by atoms with Gasteiger partial charge in [-0.25, -0.2) is 0 Å². The Morgan fingerprint density at radius 1 is 1.47 bits per heavy atom. The third-order valence-electron chi connectivity index (χ3n) is 2.65. The molecule has 1 aromatic heterocycles. The Kier molecular flexibility index (Phi) is 3.86. The molecule has 0 aromatic carbocycles. The smallest absolute Gasteiger partial charge is 0.131 e. The second-order valence-electron chi connectivity index (χ2n) is 4.00. The standard InChI is InChI=1S/C11H17N3S/c1-9-13-14-11(15-9)8-12-7-10-5-3-2-4-6-10/h2-3,10,12H,4-8H2,1H3. The topological polar surface area (TPSA) is 37.8 Å². The highest BCUT2D eigenvalue weighted by Gasteiger charge is 2.09. The van der Waals surface area contributed by atoms with Crippen LogP contribution in [0.25, 0.3) is 0 Å². The van der Waals surface area contributed by atoms with E-state index in [2.05, 4.69) is 27.7 Å². The van der Waals surface area contributed by atoms with E-state index in [1.54, 1.807) is 11.3 Å². The Labute approximate surface area is 94.6 Å². The number of rotatable bonds is 4. The first kappa shape index (κ1) is 10.8. The van der Waals surface area contributed by atoms with Gasteiger partial charge in [-0.2, -0.15) is 0 Å². The molecule has 0 amide bonds. The molecule has 1 atom stereocenters. The van der Waals surface area contributed by atoms with Crippen LogP contribution in [0.15, 0.2) is 12.2 Å². The summed E-state index contributed by atoms with van der Waals surface area (Å²) in [5.41, 5.74) is 0. The third kappa shape index (κ3) is 3.39. The zero-order chi connectivity index (χ0) is 10.5. The predicted molar refractivity (Wildman–Crippen MR) is 62.8 cm³/mol. The molecule has 0 radical (unpaired) electrons. The van der Waals surface area contributed by atoms with Gasteiger partial charge in [0, 0.05) is 6.54 Å². The fraction of sp³-hybridized carbons (Fsp3) is 0.636. The maximum atomic E-state index is 4.09. The first-order valence-electron chi connectivity index (χ1n) is 5.49. The Balaban J connectivity index is 1.68. The average molecular weight is 223 g/mol. The normalized spacial score (nSPS) is 20.7. The van der Waals surface area contributed by atoms with Gasteiger partial charge in [-0.1, -0.05) is 12.2 Å². The predicted octanol–water partition coefficient (Wildman–Crippen LogP) is 2.29. The van der Waals surface area contributed by atoms with Crippen molar-refractivity contribution in [3.8, 4) is 0 Å². The number of hydrogen-bond donors (Lipinski definition) is 1. The molecule has 1 aromatic rings. The number of allylic oxidation sites excluding steroid dienone is 2. The highest BCUT2D eigenvalue weighted by Crippen LogP contribution is 2.17. The van der Waals surface area contributed by atoms with Crippen molar-refractivity contribution in [1.29, 1.82) is 0 Å². The quantitative estimate of drug-likeness (QED) is 0.796. The van der Waals surface area contributed by atoms with Gasteiger partial charge in [0.25, 0.3) is 0 Å². The summed E-state index contributed by atoms with van der Waals surface area (Å²) in [4.78, 5) is 0. The molecule has 0 fully saturated rings. The van der Waals surface area contributed by atoms with E-state index in [4.69, 9.17) is 0 Å². The van der Waals surface area contributed by atoms with Crippen molar-refractivity contribution in [2.75, 3.05) is 6.54 Å². The van der Waals surface area contributed by atoms with E-state index in [-0.39, 0.29) is 0 Å². The highest BCUT2D eigenvalue weighted by atomic mass is 32.1. The van der Waals surface area contributed by atoms with Crippen LogP contribution < -0.4 is 5.32 Å². The molecule has 1 heterocycles. The van der Waals surface area contributed by atoms with Gasteiger partial charge in [0.05, 0.1) is 0 Å². The van der Waals surface area contributed by atoms with E-state index in [9.17, 15) is 0 Å². The summed E-state index contributed by atoms with van der Waals surface area (Å²) in [6.07, 6.45) is 8.36. The molecule has 82 valence electrons. The molecule has 1 aliphatic carbocycles. The van der Waals surface area contributed by atoms with Crippen molar-refractivity contribution >= 4 is 11.3 Å². The second-order valence-corrected chi connectivity index (χ2v) is 5.26. The summed E-state index contributed by atoms with van der Waals surface area (Å²) in [7, 11) is 0. The minimum atomic E-state index is 0.809. The van der Waals surface area contributed by atoms with Gasteiger partial charge in [-0.3, -0.25) is 0 Å². The third-order valence-corrected chi connectivity index (χ3v) is 3.49. The fourth-order valence-electron chi connectivity index (χ4n) is 1.83. The molecule has 1 N–H and O–H groups in total. The molecule has 1 unspecified atom stereocenters. The largest absolute Gasteiger partial charge is 0.310 e. The van der Waals surface area contributed by atoms with Crippen molar-refractivity contribution in [2.24, 2.45) is 5.92 Å². The van der Waals surface area contributed by atoms with Crippen LogP contribution in [0.3, 0.4) is 0 Å². The summed E-state index contributed by atoms with van der Waals surface area (Å²) in [5, 5.41) is 13.7. The molecule has 3 nitrogen and oxygen atoms in total. The molecular formula is C11H17N3S. The summed E-state index contributed by atoms with van der Waals surface area (Å²) in [5.74, 6) is 0.809. The summed E-state index contributed by atoms with van der Waals surface area (Å²) in [6, 6.07) is 0. The minimum absolute atomic E-state index is 0.809. The van der Waals surface area contributed by atoms with E-state index in [1.807, 2.05) is 6.92 Å². The van der Waals surface area contributed by atoms with Gasteiger partial charge in [0.15, 0.2) is 0 Å². The Morgan fingerprint density at radius 3 is 3.07 bits per heavy atom. The van der Waals surface area contributed by atoms with E-state index in [0.29, 0.717) is 0 Å². The first-order chi connectivity index (χ1) is 7.34. The Bertz CT molecular complexity index is 332. The van der Waals surface area contributed by atoms with Crippen molar-refractivity contribution in [3.63, 3.8) is 0 Å². The van der Waals surface area contributed by atoms with E-state index in [1.165, 1.54) is 19.3 Å². The Morgan fingerprint density at radius 2 is 2.40 bits per heavy atom. The van der Waals surface area contributed by atoms with Gasteiger partial charge in [0.2, 0.25) is 0 Å². The van der Waals surface area contributed by atoms with E-state index in [0.717, 1.165) is 29.0 Å². The average Bonchev–Trinajstić information content (AvgIpc) is 2.66. The van der Waals surface area contributed by atoms with Crippen LogP contribution in [0.5, 0.6) is 0 Å². The number of aromatic nitrogens is 2. The van der Waals surface area contributed by atoms with Crippen LogP contribution in [0.1, 0.15) is 29.3 Å². The second kappa shape index (κ2) is 5.37. The van der Waals surface area contributed by atoms with E-state index >= 15 is 0 Å². The number of nitrogens with zero attached hydrogens (tertiary/aromatic N) is 2. The summed E-state index contributed by atoms with van der Waals surface area (Å²) in [6.45, 7) is 3.96. The fourth-order valence-corrected chi connectivity index (χ4v) is 2.51. The Hall–Kier alpha value is -0.740. The summed E-state index contributed by atoms with van der Waals surface area (Å²) < 4.78 is 0. The zero-order valence-electron chi connectivity index (χ0n) is 9.07. The first-order valence-corrected chi connectivity index (χ1v) is 6.31. The van der Waals surface area contributed by atoms with Crippen molar-refractivity contribution in [1.82, 2.24) is 15.5 Å². The molecule has 0 aliphatic heterocycles. The molecule has 0 spiro atoms. The SMILES string of the molecule is Cc1nnc(CNCC2CC=CCC2)s1.